The van der Waals surface area contributed by atoms with E-state index in [1.165, 1.54) is 15.5 Å². The first-order valence-corrected chi connectivity index (χ1v) is 5.91. The van der Waals surface area contributed by atoms with E-state index >= 15 is 0 Å². The Balaban J connectivity index is 2.83. The van der Waals surface area contributed by atoms with Crippen molar-refractivity contribution in [3.63, 3.8) is 0 Å². The average molecular weight is 209 g/mol. The van der Waals surface area contributed by atoms with Crippen molar-refractivity contribution >= 4 is 37.9 Å². The molecule has 1 aromatic carbocycles. The van der Waals surface area contributed by atoms with E-state index in [0.29, 0.717) is 0 Å². The molecule has 0 fully saturated rings. The van der Waals surface area contributed by atoms with Crippen molar-refractivity contribution in [1.29, 1.82) is 0 Å². The van der Waals surface area contributed by atoms with Gasteiger partial charge in [0.2, 0.25) is 0 Å². The fraction of sp³-hybridized carbons (Fsp3) is 0.222. The van der Waals surface area contributed by atoms with Gasteiger partial charge in [0.25, 0.3) is 0 Å². The summed E-state index contributed by atoms with van der Waals surface area (Å²) in [5.74, 6) is 1.00. The molecule has 2 aromatic rings. The number of ether oxygens (including phenoxy) is 1. The maximum Gasteiger partial charge on any atom is 0.117 e. The second kappa shape index (κ2) is 3.12. The van der Waals surface area contributed by atoms with Gasteiger partial charge in [-0.2, -0.15) is 4.37 Å². The first-order chi connectivity index (χ1) is 6.24. The number of methoxy groups -OCH3 is 1. The molecule has 0 radical (unpaired) electrons. The Kier molecular flexibility index (Phi) is 2.09. The van der Waals surface area contributed by atoms with Gasteiger partial charge in [-0.25, -0.2) is 0 Å². The highest BCUT2D eigenvalue weighted by atomic mass is 32.1. The first-order valence-electron chi connectivity index (χ1n) is 4.13. The zero-order chi connectivity index (χ0) is 9.42. The van der Waals surface area contributed by atoms with Crippen LogP contribution in [0.2, 0.25) is 0 Å². The number of benzene rings is 1. The van der Waals surface area contributed by atoms with Gasteiger partial charge in [-0.1, -0.05) is 0 Å². The average Bonchev–Trinajstić information content (AvgIpc) is 2.49. The maximum atomic E-state index is 5.29. The Morgan fingerprint density at radius 2 is 2.23 bits per heavy atom. The molecule has 4 heteroatoms. The number of hydrogen-bond donors (Lipinski definition) is 0. The van der Waals surface area contributed by atoms with Gasteiger partial charge in [0, 0.05) is 20.5 Å². The van der Waals surface area contributed by atoms with E-state index in [1.54, 1.807) is 18.6 Å². The van der Waals surface area contributed by atoms with E-state index in [2.05, 4.69) is 11.3 Å². The van der Waals surface area contributed by atoms with Crippen LogP contribution in [0, 0.1) is 6.92 Å². The summed E-state index contributed by atoms with van der Waals surface area (Å²) >= 11 is 1.57. The van der Waals surface area contributed by atoms with Crippen molar-refractivity contribution in [3.05, 3.63) is 17.0 Å². The molecule has 68 valence electrons. The Labute approximate surface area is 84.1 Å². The molecule has 0 saturated heterocycles. The summed E-state index contributed by atoms with van der Waals surface area (Å²) in [6.45, 7) is 2.11. The minimum atomic E-state index is 1.00. The van der Waals surface area contributed by atoms with E-state index in [1.807, 2.05) is 12.1 Å². The van der Waals surface area contributed by atoms with Crippen LogP contribution in [0.5, 0.6) is 5.75 Å². The third-order valence-corrected chi connectivity index (χ3v) is 4.00. The highest BCUT2D eigenvalue weighted by molar-refractivity contribution is 7.07. The molecule has 0 unspecified atom stereocenters. The van der Waals surface area contributed by atoms with Crippen LogP contribution in [0.15, 0.2) is 12.1 Å². The Morgan fingerprint density at radius 1 is 1.46 bits per heavy atom. The van der Waals surface area contributed by atoms with E-state index < -0.39 is 0 Å². The van der Waals surface area contributed by atoms with Crippen molar-refractivity contribution in [3.8, 4) is 5.75 Å². The SMILES string of the molecule is COc1ccc2nsc(C)c2c1[SiH3]. The molecule has 13 heavy (non-hydrogen) atoms. The van der Waals surface area contributed by atoms with Crippen molar-refractivity contribution < 1.29 is 4.74 Å². The fourth-order valence-corrected chi connectivity index (χ4v) is 3.50. The third-order valence-electron chi connectivity index (χ3n) is 2.25. The van der Waals surface area contributed by atoms with E-state index in [0.717, 1.165) is 21.5 Å². The summed E-state index contributed by atoms with van der Waals surface area (Å²) in [5.41, 5.74) is 1.10. The molecule has 0 amide bonds. The predicted octanol–water partition coefficient (Wildman–Crippen LogP) is 0.604. The molecule has 0 aliphatic heterocycles. The summed E-state index contributed by atoms with van der Waals surface area (Å²) in [4.78, 5) is 1.29. The van der Waals surface area contributed by atoms with Crippen LogP contribution in [0.4, 0.5) is 0 Å². The van der Waals surface area contributed by atoms with Crippen LogP contribution >= 0.6 is 11.5 Å². The maximum absolute atomic E-state index is 5.29. The highest BCUT2D eigenvalue weighted by Crippen LogP contribution is 2.22. The van der Waals surface area contributed by atoms with Crippen molar-refractivity contribution in [2.45, 2.75) is 6.92 Å². The molecule has 1 heterocycles. The van der Waals surface area contributed by atoms with Crippen LogP contribution < -0.4 is 9.92 Å². The number of nitrogens with zero attached hydrogens (tertiary/aromatic N) is 1. The number of hydrogen-bond acceptors (Lipinski definition) is 3. The lowest BCUT2D eigenvalue weighted by molar-refractivity contribution is 0.418. The Morgan fingerprint density at radius 3 is 2.92 bits per heavy atom. The van der Waals surface area contributed by atoms with Gasteiger partial charge >= 0.3 is 0 Å². The minimum absolute atomic E-state index is 1.00. The summed E-state index contributed by atoms with van der Waals surface area (Å²) in [7, 11) is 2.72. The standard InChI is InChI=1S/C9H11NOSSi/c1-5-8-6(10-12-5)3-4-7(11-2)9(8)13/h3-4H,1-2,13H3. The van der Waals surface area contributed by atoms with Crippen LogP contribution in [0.1, 0.15) is 4.88 Å². The lowest BCUT2D eigenvalue weighted by Crippen LogP contribution is -2.08. The van der Waals surface area contributed by atoms with Crippen molar-refractivity contribution in [2.24, 2.45) is 0 Å². The van der Waals surface area contributed by atoms with E-state index in [4.69, 9.17) is 4.74 Å². The molecule has 0 aliphatic rings. The lowest BCUT2D eigenvalue weighted by Gasteiger charge is -2.04. The molecule has 2 rings (SSSR count). The smallest absolute Gasteiger partial charge is 0.117 e. The van der Waals surface area contributed by atoms with Gasteiger partial charge in [0.05, 0.1) is 12.6 Å². The fourth-order valence-electron chi connectivity index (χ4n) is 1.58. The van der Waals surface area contributed by atoms with Crippen LogP contribution in [-0.4, -0.2) is 21.7 Å². The molecule has 0 spiro atoms. The topological polar surface area (TPSA) is 22.1 Å². The third kappa shape index (κ3) is 1.26. The number of rotatable bonds is 1. The molecule has 2 nitrogen and oxygen atoms in total. The molecular formula is C9H11NOSSi. The molecule has 0 saturated carbocycles. The summed E-state index contributed by atoms with van der Waals surface area (Å²) in [5, 5.41) is 2.63. The minimum Gasteiger partial charge on any atom is -0.497 e. The molecule has 0 N–H and O–H groups in total. The molecule has 1 aromatic heterocycles. The van der Waals surface area contributed by atoms with E-state index in [9.17, 15) is 0 Å². The Bertz CT molecular complexity index is 452. The van der Waals surface area contributed by atoms with Gasteiger partial charge < -0.3 is 4.74 Å². The number of aryl methyl sites for hydroxylation is 1. The molecule has 0 aliphatic carbocycles. The highest BCUT2D eigenvalue weighted by Gasteiger charge is 2.08. The normalized spacial score (nSPS) is 10.9. The largest absolute Gasteiger partial charge is 0.497 e. The monoisotopic (exact) mass is 209 g/mol. The van der Waals surface area contributed by atoms with Gasteiger partial charge in [0.15, 0.2) is 0 Å². The van der Waals surface area contributed by atoms with Crippen molar-refractivity contribution in [1.82, 2.24) is 4.37 Å². The zero-order valence-electron chi connectivity index (χ0n) is 7.92. The van der Waals surface area contributed by atoms with Crippen LogP contribution in [0.3, 0.4) is 0 Å². The molecule has 0 bridgehead atoms. The summed E-state index contributed by atoms with van der Waals surface area (Å²) in [6.07, 6.45) is 0. The van der Waals surface area contributed by atoms with E-state index in [-0.39, 0.29) is 0 Å². The number of fused-ring (bicyclic) bond motifs is 1. The quantitative estimate of drug-likeness (QED) is 0.642. The van der Waals surface area contributed by atoms with Gasteiger partial charge in [-0.3, -0.25) is 0 Å². The van der Waals surface area contributed by atoms with Gasteiger partial charge in [-0.15, -0.1) is 0 Å². The van der Waals surface area contributed by atoms with Crippen LogP contribution in [0.25, 0.3) is 10.9 Å². The molecule has 0 atom stereocenters. The molecular weight excluding hydrogens is 198 g/mol. The first kappa shape index (κ1) is 8.71. The van der Waals surface area contributed by atoms with Gasteiger partial charge in [0.1, 0.15) is 5.75 Å². The summed E-state index contributed by atoms with van der Waals surface area (Å²) in [6, 6.07) is 4.03. The van der Waals surface area contributed by atoms with Crippen molar-refractivity contribution in [2.75, 3.05) is 7.11 Å². The summed E-state index contributed by atoms with van der Waals surface area (Å²) < 4.78 is 9.65. The second-order valence-corrected chi connectivity index (χ2v) is 5.00. The van der Waals surface area contributed by atoms with Crippen LogP contribution in [-0.2, 0) is 0 Å². The predicted molar refractivity (Wildman–Crippen MR) is 60.5 cm³/mol. The second-order valence-electron chi connectivity index (χ2n) is 3.03. The Hall–Kier alpha value is -0.873. The number of aromatic nitrogens is 1. The van der Waals surface area contributed by atoms with Gasteiger partial charge in [-0.05, 0) is 35.8 Å². The zero-order valence-corrected chi connectivity index (χ0v) is 10.7. The lowest BCUT2D eigenvalue weighted by atomic mass is 10.2.